The van der Waals surface area contributed by atoms with E-state index >= 15 is 0 Å². The highest BCUT2D eigenvalue weighted by Gasteiger charge is 2.63. The van der Waals surface area contributed by atoms with Crippen molar-refractivity contribution in [1.82, 2.24) is 8.61 Å². The van der Waals surface area contributed by atoms with Gasteiger partial charge in [0, 0.05) is 13.1 Å². The topological polar surface area (TPSA) is 92.8 Å². The molecule has 3 aliphatic rings. The van der Waals surface area contributed by atoms with Crippen molar-refractivity contribution in [2.75, 3.05) is 13.1 Å². The van der Waals surface area contributed by atoms with E-state index in [-0.39, 0.29) is 9.79 Å². The van der Waals surface area contributed by atoms with E-state index < -0.39 is 50.1 Å². The third-order valence-corrected chi connectivity index (χ3v) is 10.2. The molecule has 3 heterocycles. The lowest BCUT2D eigenvalue weighted by Gasteiger charge is -2.17. The molecule has 0 N–H and O–H groups in total. The van der Waals surface area contributed by atoms with Crippen LogP contribution in [0.2, 0.25) is 0 Å². The fourth-order valence-electron chi connectivity index (χ4n) is 4.47. The molecule has 0 aromatic heterocycles. The molecular weight excluding hydrogens is 464 g/mol. The van der Waals surface area contributed by atoms with E-state index in [0.717, 1.165) is 11.1 Å². The van der Waals surface area contributed by atoms with Gasteiger partial charge in [-0.25, -0.2) is 16.8 Å². The molecule has 6 atom stereocenters. The van der Waals surface area contributed by atoms with E-state index in [2.05, 4.69) is 0 Å². The number of benzene rings is 2. The van der Waals surface area contributed by atoms with Crippen LogP contribution in [0.4, 0.5) is 0 Å². The van der Waals surface area contributed by atoms with Crippen molar-refractivity contribution in [3.05, 3.63) is 59.7 Å². The van der Waals surface area contributed by atoms with E-state index in [1.54, 1.807) is 62.4 Å². The quantitative estimate of drug-likeness (QED) is 0.575. The average molecular weight is 493 g/mol. The van der Waals surface area contributed by atoms with Gasteiger partial charge in [0.15, 0.2) is 5.79 Å². The standard InChI is InChI=1S/C23H28N2O6S2/c1-15-5-9-17(10-6-15)32(26,27)24-13-19(24)21-22(31-23(3,4)30-21)20-14-25(20)33(28,29)18-11-7-16(2)8-12-18/h5-12,19-22H,13-14H2,1-4H3. The Bertz CT molecular complexity index is 1170. The van der Waals surface area contributed by atoms with Crippen molar-refractivity contribution in [3.63, 3.8) is 0 Å². The Labute approximate surface area is 195 Å². The molecule has 0 bridgehead atoms. The number of sulfonamides is 2. The van der Waals surface area contributed by atoms with Crippen molar-refractivity contribution in [1.29, 1.82) is 0 Å². The summed E-state index contributed by atoms with van der Waals surface area (Å²) in [5.74, 6) is -0.931. The second-order valence-electron chi connectivity index (χ2n) is 9.48. The Balaban J connectivity index is 1.35. The summed E-state index contributed by atoms with van der Waals surface area (Å²) in [6, 6.07) is 12.7. The fraction of sp³-hybridized carbons (Fsp3) is 0.478. The summed E-state index contributed by atoms with van der Waals surface area (Å²) in [5, 5.41) is 0. The van der Waals surface area contributed by atoms with Gasteiger partial charge in [-0.2, -0.15) is 8.61 Å². The third kappa shape index (κ3) is 4.13. The number of aryl methyl sites for hydroxylation is 2. The van der Waals surface area contributed by atoms with Crippen LogP contribution < -0.4 is 0 Å². The van der Waals surface area contributed by atoms with Gasteiger partial charge in [0.25, 0.3) is 0 Å². The number of nitrogens with zero attached hydrogens (tertiary/aromatic N) is 2. The van der Waals surface area contributed by atoms with Crippen LogP contribution in [0.1, 0.15) is 25.0 Å². The lowest BCUT2D eigenvalue weighted by atomic mass is 10.1. The second kappa shape index (κ2) is 7.59. The number of rotatable bonds is 6. The van der Waals surface area contributed by atoms with Crippen LogP contribution in [-0.4, -0.2) is 68.6 Å². The Morgan fingerprint density at radius 3 is 1.36 bits per heavy atom. The summed E-state index contributed by atoms with van der Waals surface area (Å²) in [6.07, 6.45) is -1.10. The molecule has 3 fully saturated rings. The lowest BCUT2D eigenvalue weighted by molar-refractivity contribution is -0.146. The van der Waals surface area contributed by atoms with Crippen LogP contribution >= 0.6 is 0 Å². The Morgan fingerprint density at radius 2 is 1.03 bits per heavy atom. The predicted molar refractivity (Wildman–Crippen MR) is 122 cm³/mol. The van der Waals surface area contributed by atoms with Crippen molar-refractivity contribution in [2.24, 2.45) is 0 Å². The summed E-state index contributed by atoms with van der Waals surface area (Å²) >= 11 is 0. The van der Waals surface area contributed by atoms with Crippen LogP contribution in [-0.2, 0) is 29.5 Å². The molecule has 0 spiro atoms. The number of hydrogen-bond donors (Lipinski definition) is 0. The summed E-state index contributed by atoms with van der Waals surface area (Å²) in [7, 11) is -7.32. The molecule has 2 aromatic rings. The molecule has 8 nitrogen and oxygen atoms in total. The summed E-state index contributed by atoms with van der Waals surface area (Å²) in [6.45, 7) is 7.96. The zero-order chi connectivity index (χ0) is 23.8. The summed E-state index contributed by atoms with van der Waals surface area (Å²) in [5.41, 5.74) is 1.96. The van der Waals surface area contributed by atoms with Crippen molar-refractivity contribution in [3.8, 4) is 0 Å². The van der Waals surface area contributed by atoms with Crippen molar-refractivity contribution in [2.45, 2.75) is 67.6 Å². The molecule has 3 saturated heterocycles. The Morgan fingerprint density at radius 1 is 0.697 bits per heavy atom. The zero-order valence-corrected chi connectivity index (χ0v) is 20.6. The van der Waals surface area contributed by atoms with Gasteiger partial charge >= 0.3 is 0 Å². The molecule has 0 saturated carbocycles. The van der Waals surface area contributed by atoms with E-state index in [0.29, 0.717) is 13.1 Å². The molecule has 6 unspecified atom stereocenters. The lowest BCUT2D eigenvalue weighted by Crippen LogP contribution is -2.37. The van der Waals surface area contributed by atoms with Crippen LogP contribution in [0, 0.1) is 13.8 Å². The maximum absolute atomic E-state index is 13.1. The first kappa shape index (κ1) is 22.9. The van der Waals surface area contributed by atoms with Crippen molar-refractivity contribution >= 4 is 20.0 Å². The fourth-order valence-corrected chi connectivity index (χ4v) is 7.62. The minimum absolute atomic E-state index is 0.236. The van der Waals surface area contributed by atoms with Gasteiger partial charge in [0.2, 0.25) is 20.0 Å². The SMILES string of the molecule is Cc1ccc(S(=O)(=O)N2CC2C2OC(C)(C)OC2C2CN2S(=O)(=O)c2ccc(C)cc2)cc1. The average Bonchev–Trinajstić information content (AvgIpc) is 3.65. The molecular formula is C23H28N2O6S2. The normalized spacial score (nSPS) is 33.1. The van der Waals surface area contributed by atoms with Gasteiger partial charge in [-0.15, -0.1) is 0 Å². The van der Waals surface area contributed by atoms with E-state index in [4.69, 9.17) is 9.47 Å². The largest absolute Gasteiger partial charge is 0.343 e. The molecule has 2 aromatic carbocycles. The first-order chi connectivity index (χ1) is 15.4. The molecule has 0 amide bonds. The molecule has 5 rings (SSSR count). The molecule has 3 aliphatic heterocycles. The van der Waals surface area contributed by atoms with Crippen LogP contribution in [0.3, 0.4) is 0 Å². The minimum Gasteiger partial charge on any atom is -0.343 e. The highest BCUT2D eigenvalue weighted by atomic mass is 32.2. The first-order valence-corrected chi connectivity index (χ1v) is 13.8. The first-order valence-electron chi connectivity index (χ1n) is 10.9. The Hall–Kier alpha value is -1.82. The maximum atomic E-state index is 13.1. The summed E-state index contributed by atoms with van der Waals surface area (Å²) < 4.78 is 67.4. The molecule has 0 aliphatic carbocycles. The minimum atomic E-state index is -3.66. The van der Waals surface area contributed by atoms with Crippen molar-refractivity contribution < 1.29 is 26.3 Å². The Kier molecular flexibility index (Phi) is 5.28. The van der Waals surface area contributed by atoms with Gasteiger partial charge in [-0.3, -0.25) is 0 Å². The van der Waals surface area contributed by atoms with Gasteiger partial charge < -0.3 is 9.47 Å². The zero-order valence-electron chi connectivity index (χ0n) is 19.0. The van der Waals surface area contributed by atoms with Gasteiger partial charge in [0.1, 0.15) is 12.2 Å². The van der Waals surface area contributed by atoms with Gasteiger partial charge in [-0.1, -0.05) is 35.4 Å². The van der Waals surface area contributed by atoms with E-state index in [9.17, 15) is 16.8 Å². The van der Waals surface area contributed by atoms with Crippen LogP contribution in [0.25, 0.3) is 0 Å². The number of ether oxygens (including phenoxy) is 2. The monoisotopic (exact) mass is 492 g/mol. The smallest absolute Gasteiger partial charge is 0.243 e. The van der Waals surface area contributed by atoms with E-state index in [1.807, 2.05) is 13.8 Å². The third-order valence-electron chi connectivity index (χ3n) is 6.38. The highest BCUT2D eigenvalue weighted by Crippen LogP contribution is 2.45. The van der Waals surface area contributed by atoms with E-state index in [1.165, 1.54) is 8.61 Å². The van der Waals surface area contributed by atoms with Crippen LogP contribution in [0.15, 0.2) is 58.3 Å². The van der Waals surface area contributed by atoms with Gasteiger partial charge in [0.05, 0.1) is 21.9 Å². The molecule has 33 heavy (non-hydrogen) atoms. The second-order valence-corrected chi connectivity index (χ2v) is 13.3. The van der Waals surface area contributed by atoms with Gasteiger partial charge in [-0.05, 0) is 52.0 Å². The molecule has 10 heteroatoms. The molecule has 178 valence electrons. The maximum Gasteiger partial charge on any atom is 0.243 e. The summed E-state index contributed by atoms with van der Waals surface area (Å²) in [4.78, 5) is 0.473. The van der Waals surface area contributed by atoms with Crippen LogP contribution in [0.5, 0.6) is 0 Å². The predicted octanol–water partition coefficient (Wildman–Crippen LogP) is 2.27. The highest BCUT2D eigenvalue weighted by molar-refractivity contribution is 7.89. The molecule has 0 radical (unpaired) electrons. The number of hydrogen-bond acceptors (Lipinski definition) is 6.